The molecule has 0 fully saturated rings. The summed E-state index contributed by atoms with van der Waals surface area (Å²) in [7, 11) is 0. The van der Waals surface area contributed by atoms with Gasteiger partial charge in [-0.3, -0.25) is 4.79 Å². The maximum atomic E-state index is 12.1. The second-order valence-corrected chi connectivity index (χ2v) is 6.71. The van der Waals surface area contributed by atoms with Crippen LogP contribution in [0, 0.1) is 13.5 Å². The van der Waals surface area contributed by atoms with Crippen LogP contribution in [0.2, 0.25) is 0 Å². The number of aromatic amines is 1. The van der Waals surface area contributed by atoms with Crippen molar-refractivity contribution in [3.05, 3.63) is 74.0 Å². The number of benzene rings is 1. The Morgan fingerprint density at radius 1 is 1.39 bits per heavy atom. The third kappa shape index (κ3) is 3.52. The second kappa shape index (κ2) is 6.82. The topological polar surface area (TPSA) is 50.1 Å². The zero-order valence-electron chi connectivity index (χ0n) is 12.4. The van der Waals surface area contributed by atoms with Crippen LogP contribution < -0.4 is 5.56 Å². The van der Waals surface area contributed by atoms with E-state index in [1.807, 2.05) is 41.9 Å². The van der Waals surface area contributed by atoms with Crippen LogP contribution in [0.4, 0.5) is 5.69 Å². The number of H-pyrrole nitrogens is 1. The Kier molecular flexibility index (Phi) is 4.60. The molecule has 2 aromatic heterocycles. The maximum absolute atomic E-state index is 12.1. The number of nitrogens with zero attached hydrogens (tertiary/aromatic N) is 2. The molecule has 0 atom stereocenters. The van der Waals surface area contributed by atoms with E-state index in [9.17, 15) is 4.79 Å². The Hall–Kier alpha value is -2.36. The second-order valence-electron chi connectivity index (χ2n) is 4.97. The van der Waals surface area contributed by atoms with Gasteiger partial charge in [0.05, 0.1) is 12.3 Å². The smallest absolute Gasteiger partial charge is 0.276 e. The molecule has 6 heteroatoms. The van der Waals surface area contributed by atoms with Crippen LogP contribution in [0.5, 0.6) is 0 Å². The lowest BCUT2D eigenvalue weighted by atomic mass is 10.2. The zero-order valence-corrected chi connectivity index (χ0v) is 14.0. The number of nitrogens with one attached hydrogen (secondary N) is 1. The van der Waals surface area contributed by atoms with Crippen molar-refractivity contribution >= 4 is 28.8 Å². The number of thioether (sulfide) groups is 1. The van der Waals surface area contributed by atoms with E-state index in [1.165, 1.54) is 34.2 Å². The van der Waals surface area contributed by atoms with E-state index in [2.05, 4.69) is 20.9 Å². The van der Waals surface area contributed by atoms with Gasteiger partial charge in [0.25, 0.3) is 11.2 Å². The lowest BCUT2D eigenvalue weighted by Crippen LogP contribution is -2.09. The van der Waals surface area contributed by atoms with Crippen molar-refractivity contribution in [2.75, 3.05) is 0 Å². The predicted octanol–water partition coefficient (Wildman–Crippen LogP) is 4.65. The van der Waals surface area contributed by atoms with Crippen molar-refractivity contribution in [3.63, 3.8) is 0 Å². The zero-order chi connectivity index (χ0) is 16.2. The Labute approximate surface area is 142 Å². The first-order valence-electron chi connectivity index (χ1n) is 6.90. The molecule has 0 bridgehead atoms. The molecule has 0 saturated heterocycles. The van der Waals surface area contributed by atoms with E-state index in [4.69, 9.17) is 6.57 Å². The molecule has 1 aromatic carbocycles. The monoisotopic (exact) mass is 339 g/mol. The predicted molar refractivity (Wildman–Crippen MR) is 95.2 cm³/mol. The van der Waals surface area contributed by atoms with Gasteiger partial charge in [-0.2, -0.15) is 11.3 Å². The van der Waals surface area contributed by atoms with E-state index in [0.717, 1.165) is 5.56 Å². The van der Waals surface area contributed by atoms with Gasteiger partial charge in [0.1, 0.15) is 0 Å². The summed E-state index contributed by atoms with van der Waals surface area (Å²) < 4.78 is 0. The first-order valence-corrected chi connectivity index (χ1v) is 8.83. The number of thiophene rings is 1. The van der Waals surface area contributed by atoms with Crippen LogP contribution in [-0.2, 0) is 5.75 Å². The molecule has 0 aliphatic carbocycles. The van der Waals surface area contributed by atoms with E-state index >= 15 is 0 Å². The minimum absolute atomic E-state index is 0.0447. The van der Waals surface area contributed by atoms with Crippen molar-refractivity contribution in [3.8, 4) is 11.3 Å². The van der Waals surface area contributed by atoms with Crippen LogP contribution in [0.3, 0.4) is 0 Å². The van der Waals surface area contributed by atoms with Crippen molar-refractivity contribution in [2.24, 2.45) is 0 Å². The van der Waals surface area contributed by atoms with Gasteiger partial charge in [0.2, 0.25) is 0 Å². The van der Waals surface area contributed by atoms with Gasteiger partial charge in [-0.25, -0.2) is 9.83 Å². The van der Waals surface area contributed by atoms with Gasteiger partial charge in [-0.15, -0.1) is 0 Å². The Morgan fingerprint density at radius 3 is 2.96 bits per heavy atom. The van der Waals surface area contributed by atoms with Crippen LogP contribution in [0.25, 0.3) is 16.1 Å². The fourth-order valence-corrected chi connectivity index (χ4v) is 3.62. The standard InChI is InChI=1S/C17H13N3OS2/c1-11-4-3-5-12(8-11)9-23-17-19-14(13-6-7-22-10-13)15(18-2)16(21)20-17/h3-8,10H,9H2,1H3,(H,19,20,21). The summed E-state index contributed by atoms with van der Waals surface area (Å²) in [6, 6.07) is 10.1. The maximum Gasteiger partial charge on any atom is 0.276 e. The summed E-state index contributed by atoms with van der Waals surface area (Å²) >= 11 is 2.98. The van der Waals surface area contributed by atoms with Crippen LogP contribution >= 0.6 is 23.1 Å². The molecule has 3 aromatic rings. The summed E-state index contributed by atoms with van der Waals surface area (Å²) in [5.41, 5.74) is 3.29. The molecule has 4 nitrogen and oxygen atoms in total. The molecule has 2 heterocycles. The fraction of sp³-hybridized carbons (Fsp3) is 0.118. The summed E-state index contributed by atoms with van der Waals surface area (Å²) in [5.74, 6) is 0.713. The van der Waals surface area contributed by atoms with Crippen LogP contribution in [-0.4, -0.2) is 9.97 Å². The number of aromatic nitrogens is 2. The largest absolute Gasteiger partial charge is 0.311 e. The molecular weight excluding hydrogens is 326 g/mol. The number of aryl methyl sites for hydroxylation is 1. The third-order valence-corrected chi connectivity index (χ3v) is 4.87. The lowest BCUT2D eigenvalue weighted by Gasteiger charge is -2.06. The van der Waals surface area contributed by atoms with Crippen LogP contribution in [0.15, 0.2) is 51.0 Å². The Morgan fingerprint density at radius 2 is 2.26 bits per heavy atom. The Balaban J connectivity index is 1.92. The van der Waals surface area contributed by atoms with E-state index in [1.54, 1.807) is 0 Å². The molecular formula is C17H13N3OS2. The molecule has 0 aliphatic heterocycles. The summed E-state index contributed by atoms with van der Waals surface area (Å²) in [6.45, 7) is 9.27. The van der Waals surface area contributed by atoms with Gasteiger partial charge in [-0.1, -0.05) is 41.6 Å². The van der Waals surface area contributed by atoms with Crippen molar-refractivity contribution in [1.29, 1.82) is 0 Å². The van der Waals surface area contributed by atoms with Crippen molar-refractivity contribution in [2.45, 2.75) is 17.8 Å². The Bertz CT molecular complexity index is 924. The van der Waals surface area contributed by atoms with Gasteiger partial charge < -0.3 is 4.98 Å². The average Bonchev–Trinajstić information content (AvgIpc) is 3.07. The highest BCUT2D eigenvalue weighted by molar-refractivity contribution is 7.98. The summed E-state index contributed by atoms with van der Waals surface area (Å²) in [6.07, 6.45) is 0. The molecule has 114 valence electrons. The van der Waals surface area contributed by atoms with E-state index in [0.29, 0.717) is 16.6 Å². The minimum Gasteiger partial charge on any atom is -0.311 e. The highest BCUT2D eigenvalue weighted by Gasteiger charge is 2.14. The first-order chi connectivity index (χ1) is 11.2. The molecule has 3 rings (SSSR count). The summed E-state index contributed by atoms with van der Waals surface area (Å²) in [5, 5.41) is 4.34. The van der Waals surface area contributed by atoms with Crippen molar-refractivity contribution in [1.82, 2.24) is 9.97 Å². The minimum atomic E-state index is -0.386. The first kappa shape index (κ1) is 15.5. The lowest BCUT2D eigenvalue weighted by molar-refractivity contribution is 0.949. The van der Waals surface area contributed by atoms with Gasteiger partial charge in [0, 0.05) is 11.3 Å². The number of rotatable bonds is 4. The quantitative estimate of drug-likeness (QED) is 0.428. The highest BCUT2D eigenvalue weighted by atomic mass is 32.2. The SMILES string of the molecule is [C-]#[N+]c1c(-c2ccsc2)nc(SCc2cccc(C)c2)[nH]c1=O. The average molecular weight is 339 g/mol. The normalized spacial score (nSPS) is 10.4. The molecule has 0 saturated carbocycles. The highest BCUT2D eigenvalue weighted by Crippen LogP contribution is 2.29. The van der Waals surface area contributed by atoms with Gasteiger partial charge >= 0.3 is 0 Å². The molecule has 0 aliphatic rings. The molecule has 23 heavy (non-hydrogen) atoms. The fourth-order valence-electron chi connectivity index (χ4n) is 2.17. The molecule has 0 amide bonds. The molecule has 0 unspecified atom stereocenters. The number of hydrogen-bond donors (Lipinski definition) is 1. The number of hydrogen-bond acceptors (Lipinski definition) is 4. The molecule has 0 radical (unpaired) electrons. The third-order valence-electron chi connectivity index (χ3n) is 3.24. The van der Waals surface area contributed by atoms with Gasteiger partial charge in [-0.05, 0) is 29.3 Å². The summed E-state index contributed by atoms with van der Waals surface area (Å²) in [4.78, 5) is 22.7. The van der Waals surface area contributed by atoms with Gasteiger partial charge in [0.15, 0.2) is 5.16 Å². The van der Waals surface area contributed by atoms with Crippen molar-refractivity contribution < 1.29 is 0 Å². The van der Waals surface area contributed by atoms with E-state index in [-0.39, 0.29) is 11.2 Å². The molecule has 1 N–H and O–H groups in total. The van der Waals surface area contributed by atoms with Crippen LogP contribution in [0.1, 0.15) is 11.1 Å². The van der Waals surface area contributed by atoms with E-state index < -0.39 is 0 Å². The molecule has 0 spiro atoms.